The Morgan fingerprint density at radius 3 is 2.25 bits per heavy atom. The molecule has 2 aliphatic heterocycles. The first-order chi connectivity index (χ1) is 25.6. The maximum atomic E-state index is 9.75. The second-order valence-electron chi connectivity index (χ2n) is 17.5. The van der Waals surface area contributed by atoms with Crippen LogP contribution in [0.4, 0.5) is 17.2 Å². The smallest absolute Gasteiger partial charge is 0.217 e. The Bertz CT molecular complexity index is 2410. The van der Waals surface area contributed by atoms with Gasteiger partial charge >= 0.3 is 0 Å². The number of aliphatic imine (C=N–C) groups is 1. The lowest BCUT2D eigenvalue weighted by Gasteiger charge is -2.45. The molecule has 5 nitrogen and oxygen atoms in total. The van der Waals surface area contributed by atoms with E-state index in [1.807, 2.05) is 25.3 Å². The van der Waals surface area contributed by atoms with Gasteiger partial charge in [0.1, 0.15) is 22.6 Å². The standard InChI is InChI=1S/C47H51N3O2S/c1-27-13-14-39-40(17-27)53-41-18-29(3)26-48-42(41)50(39)35-15-28(2)16-36(24-35)51-37-22-32(21-34(23-37)44(6,7)8)43-49-46(12)38-20-31(5)30(4)19-33(38)25-47(46,52-43)45(9,10)11/h13-24,26H,25H2,1-12H3/t46-,47-/m1/s1/i25D2. The molecule has 0 fully saturated rings. The lowest BCUT2D eigenvalue weighted by molar-refractivity contribution is -0.0673. The van der Waals surface area contributed by atoms with Gasteiger partial charge in [0, 0.05) is 37.3 Å². The Balaban J connectivity index is 1.24. The van der Waals surface area contributed by atoms with E-state index in [0.29, 0.717) is 23.0 Å². The van der Waals surface area contributed by atoms with Crippen molar-refractivity contribution in [1.82, 2.24) is 4.98 Å². The van der Waals surface area contributed by atoms with Gasteiger partial charge in [-0.05, 0) is 140 Å². The van der Waals surface area contributed by atoms with E-state index in [1.165, 1.54) is 10.5 Å². The Morgan fingerprint density at radius 2 is 1.51 bits per heavy atom. The maximum absolute atomic E-state index is 9.75. The summed E-state index contributed by atoms with van der Waals surface area (Å²) >= 11 is 1.76. The van der Waals surface area contributed by atoms with Crippen LogP contribution in [-0.2, 0) is 22.1 Å². The number of hydrogen-bond donors (Lipinski definition) is 0. The fourth-order valence-electron chi connectivity index (χ4n) is 8.08. The maximum Gasteiger partial charge on any atom is 0.217 e. The fraction of sp³-hybridized carbons (Fsp3) is 0.362. The number of anilines is 3. The Labute approximate surface area is 322 Å². The quantitative estimate of drug-likeness (QED) is 0.181. The van der Waals surface area contributed by atoms with Gasteiger partial charge in [-0.2, -0.15) is 0 Å². The molecule has 3 aliphatic rings. The molecule has 0 bridgehead atoms. The fourth-order valence-corrected chi connectivity index (χ4v) is 9.31. The van der Waals surface area contributed by atoms with Crippen molar-refractivity contribution in [3.8, 4) is 11.5 Å². The summed E-state index contributed by atoms with van der Waals surface area (Å²) in [6.07, 6.45) is 0.116. The van der Waals surface area contributed by atoms with Crippen LogP contribution in [0, 0.1) is 40.0 Å². The number of rotatable bonds is 4. The molecule has 1 aliphatic carbocycles. The third kappa shape index (κ3) is 5.76. The summed E-state index contributed by atoms with van der Waals surface area (Å²) in [6.45, 7) is 25.2. The number of pyridine rings is 1. The average Bonchev–Trinajstić information content (AvgIpc) is 3.49. The van der Waals surface area contributed by atoms with Crippen LogP contribution in [0.5, 0.6) is 11.5 Å². The van der Waals surface area contributed by atoms with E-state index in [4.69, 9.17) is 19.5 Å². The van der Waals surface area contributed by atoms with Gasteiger partial charge in [0.05, 0.1) is 16.3 Å². The highest BCUT2D eigenvalue weighted by Crippen LogP contribution is 2.60. The minimum Gasteiger partial charge on any atom is -0.467 e. The summed E-state index contributed by atoms with van der Waals surface area (Å²) in [4.78, 5) is 14.9. The Morgan fingerprint density at radius 1 is 0.792 bits per heavy atom. The van der Waals surface area contributed by atoms with Gasteiger partial charge in [-0.25, -0.2) is 9.98 Å². The van der Waals surface area contributed by atoms with Crippen molar-refractivity contribution in [1.29, 1.82) is 0 Å². The first-order valence-corrected chi connectivity index (χ1v) is 19.4. The normalized spacial score (nSPS) is 21.8. The molecule has 0 saturated heterocycles. The molecule has 272 valence electrons. The topological polar surface area (TPSA) is 47.0 Å². The second kappa shape index (κ2) is 12.0. The van der Waals surface area contributed by atoms with E-state index in [0.717, 1.165) is 61.0 Å². The third-order valence-electron chi connectivity index (χ3n) is 11.1. The monoisotopic (exact) mass is 723 g/mol. The van der Waals surface area contributed by atoms with Crippen LogP contribution >= 0.6 is 11.8 Å². The molecule has 0 N–H and O–H groups in total. The molecule has 0 amide bonds. The highest BCUT2D eigenvalue weighted by atomic mass is 32.2. The summed E-state index contributed by atoms with van der Waals surface area (Å²) in [5, 5.41) is 0. The number of aryl methyl sites for hydroxylation is 5. The predicted molar refractivity (Wildman–Crippen MR) is 219 cm³/mol. The van der Waals surface area contributed by atoms with Crippen LogP contribution in [0.2, 0.25) is 0 Å². The summed E-state index contributed by atoms with van der Waals surface area (Å²) in [5.74, 6) is 2.69. The zero-order chi connectivity index (χ0) is 39.6. The first kappa shape index (κ1) is 33.1. The molecular formula is C47H51N3O2S. The van der Waals surface area contributed by atoms with E-state index >= 15 is 0 Å². The molecule has 0 unspecified atom stereocenters. The van der Waals surface area contributed by atoms with Crippen LogP contribution in [0.15, 0.2) is 93.8 Å². The Kier molecular flexibility index (Phi) is 7.47. The molecule has 8 rings (SSSR count). The molecule has 0 radical (unpaired) electrons. The van der Waals surface area contributed by atoms with E-state index in [-0.39, 0.29) is 5.41 Å². The highest BCUT2D eigenvalue weighted by Gasteiger charge is 2.66. The van der Waals surface area contributed by atoms with Crippen molar-refractivity contribution in [2.45, 2.75) is 116 Å². The molecule has 6 heteroatoms. The number of fused-ring (bicyclic) bond motifs is 5. The lowest BCUT2D eigenvalue weighted by atomic mass is 9.66. The zero-order valence-electron chi connectivity index (χ0n) is 35.1. The summed E-state index contributed by atoms with van der Waals surface area (Å²) < 4.78 is 33.4. The van der Waals surface area contributed by atoms with Gasteiger partial charge in [-0.3, -0.25) is 4.90 Å². The van der Waals surface area contributed by atoms with Crippen LogP contribution in [0.3, 0.4) is 0 Å². The van der Waals surface area contributed by atoms with Crippen molar-refractivity contribution in [3.05, 3.63) is 129 Å². The number of aromatic nitrogens is 1. The lowest BCUT2D eigenvalue weighted by Crippen LogP contribution is -2.54. The average molecular weight is 724 g/mol. The predicted octanol–water partition coefficient (Wildman–Crippen LogP) is 12.7. The minimum absolute atomic E-state index is 0.219. The van der Waals surface area contributed by atoms with Crippen LogP contribution < -0.4 is 9.64 Å². The molecule has 3 heterocycles. The molecule has 0 saturated carbocycles. The molecule has 4 aromatic carbocycles. The van der Waals surface area contributed by atoms with E-state index < -0.39 is 22.9 Å². The van der Waals surface area contributed by atoms with Crippen molar-refractivity contribution in [3.63, 3.8) is 0 Å². The van der Waals surface area contributed by atoms with Gasteiger partial charge < -0.3 is 9.47 Å². The van der Waals surface area contributed by atoms with Crippen LogP contribution in [0.1, 0.15) is 101 Å². The summed E-state index contributed by atoms with van der Waals surface area (Å²) in [5.41, 5.74) is 7.91. The second-order valence-corrected chi connectivity index (χ2v) is 18.6. The molecular weight excluding hydrogens is 671 g/mol. The van der Waals surface area contributed by atoms with Gasteiger partial charge in [0.2, 0.25) is 5.90 Å². The molecule has 0 spiro atoms. The van der Waals surface area contributed by atoms with E-state index in [9.17, 15) is 2.74 Å². The van der Waals surface area contributed by atoms with Crippen molar-refractivity contribution in [2.75, 3.05) is 4.90 Å². The van der Waals surface area contributed by atoms with E-state index in [2.05, 4.69) is 142 Å². The van der Waals surface area contributed by atoms with Gasteiger partial charge in [0.25, 0.3) is 0 Å². The molecule has 53 heavy (non-hydrogen) atoms. The molecule has 5 aromatic rings. The van der Waals surface area contributed by atoms with E-state index in [1.54, 1.807) is 11.8 Å². The summed E-state index contributed by atoms with van der Waals surface area (Å²) in [7, 11) is 0. The first-order valence-electron chi connectivity index (χ1n) is 19.5. The van der Waals surface area contributed by atoms with Crippen LogP contribution in [-0.4, -0.2) is 16.5 Å². The SMILES string of the molecule is [2H]C1([2H])c2cc(C)c(C)cc2[C@@]2(C)N=C(c3cc(Oc4cc(C)cc(N5c6ccc(C)cc6Sc6cc(C)cnc65)c4)cc(C(C)(C)C)c3)O[C@@]12C(C)(C)C. The molecule has 1 aromatic heterocycles. The number of hydrogen-bond acceptors (Lipinski definition) is 6. The number of nitrogens with zero attached hydrogens (tertiary/aromatic N) is 3. The van der Waals surface area contributed by atoms with Crippen molar-refractivity contribution >= 4 is 34.9 Å². The van der Waals surface area contributed by atoms with Crippen molar-refractivity contribution in [2.24, 2.45) is 10.4 Å². The Hall–Kier alpha value is -4.55. The highest BCUT2D eigenvalue weighted by molar-refractivity contribution is 7.99. The van der Waals surface area contributed by atoms with Crippen LogP contribution in [0.25, 0.3) is 0 Å². The van der Waals surface area contributed by atoms with Gasteiger partial charge in [-0.15, -0.1) is 0 Å². The zero-order valence-corrected chi connectivity index (χ0v) is 33.9. The largest absolute Gasteiger partial charge is 0.467 e. The van der Waals surface area contributed by atoms with Gasteiger partial charge in [-0.1, -0.05) is 71.5 Å². The third-order valence-corrected chi connectivity index (χ3v) is 12.2. The van der Waals surface area contributed by atoms with Gasteiger partial charge in [0.15, 0.2) is 5.82 Å². The summed E-state index contributed by atoms with van der Waals surface area (Å²) in [6, 6.07) is 25.4. The molecule has 2 atom stereocenters. The number of benzene rings is 4. The van der Waals surface area contributed by atoms with Crippen molar-refractivity contribution < 1.29 is 12.2 Å². The number of ether oxygens (including phenoxy) is 2. The minimum atomic E-state index is -1.81.